The average Bonchev–Trinajstić information content (AvgIpc) is 2.38. The van der Waals surface area contributed by atoms with Crippen molar-refractivity contribution in [3.05, 3.63) is 23.8 Å². The molecule has 0 saturated heterocycles. The third-order valence-corrected chi connectivity index (χ3v) is 2.66. The quantitative estimate of drug-likeness (QED) is 0.713. The largest absolute Gasteiger partial charge is 0.495 e. The number of rotatable bonds is 4. The van der Waals surface area contributed by atoms with Gasteiger partial charge in [0, 0.05) is 0 Å². The van der Waals surface area contributed by atoms with Gasteiger partial charge in [0.05, 0.1) is 24.9 Å². The van der Waals surface area contributed by atoms with Gasteiger partial charge in [-0.3, -0.25) is 9.59 Å². The van der Waals surface area contributed by atoms with Gasteiger partial charge in [0.2, 0.25) is 0 Å². The molecule has 0 fully saturated rings. The highest BCUT2D eigenvalue weighted by Gasteiger charge is 2.24. The zero-order valence-corrected chi connectivity index (χ0v) is 12.1. The number of hydrogen-bond donors (Lipinski definition) is 3. The summed E-state index contributed by atoms with van der Waals surface area (Å²) < 4.78 is 5.12. The maximum atomic E-state index is 11.8. The van der Waals surface area contributed by atoms with E-state index in [4.69, 9.17) is 9.84 Å². The van der Waals surface area contributed by atoms with E-state index >= 15 is 0 Å². The summed E-state index contributed by atoms with van der Waals surface area (Å²) in [6, 6.07) is 5.26. The van der Waals surface area contributed by atoms with E-state index in [2.05, 4.69) is 10.6 Å². The van der Waals surface area contributed by atoms with Gasteiger partial charge in [-0.15, -0.1) is 0 Å². The second-order valence-electron chi connectivity index (χ2n) is 5.15. The predicted octanol–water partition coefficient (Wildman–Crippen LogP) is 0.829. The molecule has 0 aliphatic carbocycles. The SMILES string of the molecule is COc1ccc(C)cc1NC(=O)C(=O)NC(C)(C)CO. The molecular weight excluding hydrogens is 260 g/mol. The van der Waals surface area contributed by atoms with Gasteiger partial charge < -0.3 is 20.5 Å². The van der Waals surface area contributed by atoms with Gasteiger partial charge in [0.25, 0.3) is 0 Å². The molecule has 1 rings (SSSR count). The lowest BCUT2D eigenvalue weighted by molar-refractivity contribution is -0.137. The average molecular weight is 280 g/mol. The molecule has 0 aromatic heterocycles. The molecule has 0 aliphatic rings. The summed E-state index contributed by atoms with van der Waals surface area (Å²) in [4.78, 5) is 23.6. The van der Waals surface area contributed by atoms with Crippen molar-refractivity contribution in [2.75, 3.05) is 19.0 Å². The van der Waals surface area contributed by atoms with Crippen LogP contribution in [0.15, 0.2) is 18.2 Å². The Morgan fingerprint density at radius 1 is 1.30 bits per heavy atom. The van der Waals surface area contributed by atoms with E-state index in [0.717, 1.165) is 5.56 Å². The number of methoxy groups -OCH3 is 1. The fraction of sp³-hybridized carbons (Fsp3) is 0.429. The van der Waals surface area contributed by atoms with Crippen LogP contribution in [-0.4, -0.2) is 36.2 Å². The Hall–Kier alpha value is -2.08. The minimum absolute atomic E-state index is 0.264. The molecule has 20 heavy (non-hydrogen) atoms. The molecule has 0 spiro atoms. The third-order valence-electron chi connectivity index (χ3n) is 2.66. The van der Waals surface area contributed by atoms with Crippen LogP contribution in [0, 0.1) is 6.92 Å². The Morgan fingerprint density at radius 2 is 1.95 bits per heavy atom. The number of aryl methyl sites for hydroxylation is 1. The molecule has 0 bridgehead atoms. The zero-order chi connectivity index (χ0) is 15.3. The van der Waals surface area contributed by atoms with Crippen molar-refractivity contribution in [1.82, 2.24) is 5.32 Å². The van der Waals surface area contributed by atoms with Crippen LogP contribution in [0.2, 0.25) is 0 Å². The minimum Gasteiger partial charge on any atom is -0.495 e. The van der Waals surface area contributed by atoms with Crippen molar-refractivity contribution in [3.8, 4) is 5.75 Å². The van der Waals surface area contributed by atoms with Crippen LogP contribution in [0.4, 0.5) is 5.69 Å². The topological polar surface area (TPSA) is 87.7 Å². The van der Waals surface area contributed by atoms with E-state index in [0.29, 0.717) is 11.4 Å². The predicted molar refractivity (Wildman–Crippen MR) is 75.7 cm³/mol. The van der Waals surface area contributed by atoms with Gasteiger partial charge >= 0.3 is 11.8 Å². The highest BCUT2D eigenvalue weighted by Crippen LogP contribution is 2.25. The highest BCUT2D eigenvalue weighted by molar-refractivity contribution is 6.40. The van der Waals surface area contributed by atoms with E-state index in [1.807, 2.05) is 13.0 Å². The van der Waals surface area contributed by atoms with Gasteiger partial charge in [0.15, 0.2) is 0 Å². The fourth-order valence-electron chi connectivity index (χ4n) is 1.50. The molecule has 1 aromatic carbocycles. The second-order valence-corrected chi connectivity index (χ2v) is 5.15. The molecule has 0 aliphatic heterocycles. The molecule has 0 unspecified atom stereocenters. The highest BCUT2D eigenvalue weighted by atomic mass is 16.5. The number of anilines is 1. The normalized spacial score (nSPS) is 10.8. The molecule has 0 heterocycles. The monoisotopic (exact) mass is 280 g/mol. The van der Waals surface area contributed by atoms with Crippen LogP contribution in [0.3, 0.4) is 0 Å². The van der Waals surface area contributed by atoms with Gasteiger partial charge in [-0.05, 0) is 38.5 Å². The molecule has 0 saturated carbocycles. The molecular formula is C14H20N2O4. The molecule has 110 valence electrons. The van der Waals surface area contributed by atoms with E-state index < -0.39 is 17.4 Å². The van der Waals surface area contributed by atoms with Crippen molar-refractivity contribution >= 4 is 17.5 Å². The molecule has 3 N–H and O–H groups in total. The standard InChI is InChI=1S/C14H20N2O4/c1-9-5-6-11(20-4)10(7-9)15-12(18)13(19)16-14(2,3)8-17/h5-7,17H,8H2,1-4H3,(H,15,18)(H,16,19). The first kappa shape index (κ1) is 16.0. The summed E-state index contributed by atoms with van der Waals surface area (Å²) in [5.41, 5.74) is 0.497. The van der Waals surface area contributed by atoms with Crippen LogP contribution < -0.4 is 15.4 Å². The first-order valence-corrected chi connectivity index (χ1v) is 6.18. The Bertz CT molecular complexity index is 512. The van der Waals surface area contributed by atoms with Gasteiger partial charge in [0.1, 0.15) is 5.75 Å². The lowest BCUT2D eigenvalue weighted by Crippen LogP contribution is -2.50. The third kappa shape index (κ3) is 4.24. The van der Waals surface area contributed by atoms with Crippen molar-refractivity contribution < 1.29 is 19.4 Å². The molecule has 0 atom stereocenters. The summed E-state index contributed by atoms with van der Waals surface area (Å²) in [5, 5.41) is 14.0. The summed E-state index contributed by atoms with van der Waals surface area (Å²) >= 11 is 0. The molecule has 0 radical (unpaired) electrons. The Labute approximate surface area is 118 Å². The van der Waals surface area contributed by atoms with Crippen molar-refractivity contribution in [1.29, 1.82) is 0 Å². The second kappa shape index (κ2) is 6.38. The van der Waals surface area contributed by atoms with Crippen LogP contribution >= 0.6 is 0 Å². The van der Waals surface area contributed by atoms with E-state index in [1.54, 1.807) is 26.0 Å². The maximum absolute atomic E-state index is 11.8. The number of carbonyl (C=O) groups excluding carboxylic acids is 2. The van der Waals surface area contributed by atoms with Gasteiger partial charge in [-0.2, -0.15) is 0 Å². The lowest BCUT2D eigenvalue weighted by atomic mass is 10.1. The van der Waals surface area contributed by atoms with Crippen LogP contribution in [0.25, 0.3) is 0 Å². The molecule has 1 aromatic rings. The van der Waals surface area contributed by atoms with Crippen LogP contribution in [0.1, 0.15) is 19.4 Å². The minimum atomic E-state index is -0.856. The molecule has 6 heteroatoms. The fourth-order valence-corrected chi connectivity index (χ4v) is 1.50. The maximum Gasteiger partial charge on any atom is 0.313 e. The number of aliphatic hydroxyl groups is 1. The summed E-state index contributed by atoms with van der Waals surface area (Å²) in [5.74, 6) is -1.15. The smallest absolute Gasteiger partial charge is 0.313 e. The number of amides is 2. The first-order valence-electron chi connectivity index (χ1n) is 6.18. The van der Waals surface area contributed by atoms with Crippen molar-refractivity contribution in [2.24, 2.45) is 0 Å². The Kier molecular flexibility index (Phi) is 5.10. The number of carbonyl (C=O) groups is 2. The molecule has 6 nitrogen and oxygen atoms in total. The number of ether oxygens (including phenoxy) is 1. The molecule has 2 amide bonds. The Balaban J connectivity index is 2.81. The van der Waals surface area contributed by atoms with Gasteiger partial charge in [-0.25, -0.2) is 0 Å². The number of benzene rings is 1. The number of aliphatic hydroxyl groups excluding tert-OH is 1. The van der Waals surface area contributed by atoms with E-state index in [1.165, 1.54) is 7.11 Å². The zero-order valence-electron chi connectivity index (χ0n) is 12.1. The van der Waals surface area contributed by atoms with Gasteiger partial charge in [-0.1, -0.05) is 6.07 Å². The number of hydrogen-bond acceptors (Lipinski definition) is 4. The summed E-state index contributed by atoms with van der Waals surface area (Å²) in [6.07, 6.45) is 0. The van der Waals surface area contributed by atoms with Crippen LogP contribution in [0.5, 0.6) is 5.75 Å². The van der Waals surface area contributed by atoms with Crippen LogP contribution in [-0.2, 0) is 9.59 Å². The number of nitrogens with one attached hydrogen (secondary N) is 2. The summed E-state index contributed by atoms with van der Waals surface area (Å²) in [7, 11) is 1.48. The van der Waals surface area contributed by atoms with E-state index in [-0.39, 0.29) is 6.61 Å². The summed E-state index contributed by atoms with van der Waals surface area (Å²) in [6.45, 7) is 4.83. The first-order chi connectivity index (χ1) is 9.29. The van der Waals surface area contributed by atoms with E-state index in [9.17, 15) is 9.59 Å². The van der Waals surface area contributed by atoms with Crippen molar-refractivity contribution in [3.63, 3.8) is 0 Å². The van der Waals surface area contributed by atoms with Crippen molar-refractivity contribution in [2.45, 2.75) is 26.3 Å². The lowest BCUT2D eigenvalue weighted by Gasteiger charge is -2.23. The Morgan fingerprint density at radius 3 is 2.50 bits per heavy atom.